The molecule has 2 N–H and O–H groups in total. The summed E-state index contributed by atoms with van der Waals surface area (Å²) in [7, 11) is 0. The Morgan fingerprint density at radius 1 is 1.44 bits per heavy atom. The molecule has 1 aliphatic heterocycles. The predicted molar refractivity (Wildman–Crippen MR) is 94.0 cm³/mol. The Kier molecular flexibility index (Phi) is 4.89. The van der Waals surface area contributed by atoms with E-state index in [1.165, 1.54) is 0 Å². The number of H-pyrrole nitrogens is 1. The summed E-state index contributed by atoms with van der Waals surface area (Å²) in [5, 5.41) is 10.7. The Bertz CT molecular complexity index is 828. The molecule has 25 heavy (non-hydrogen) atoms. The molecule has 7 heteroatoms. The zero-order chi connectivity index (χ0) is 17.8. The van der Waals surface area contributed by atoms with Gasteiger partial charge >= 0.3 is 0 Å². The van der Waals surface area contributed by atoms with Gasteiger partial charge in [0.2, 0.25) is 11.8 Å². The molecule has 1 fully saturated rings. The molecular weight excluding hydrogens is 320 g/mol. The number of benzene rings is 1. The normalized spacial score (nSPS) is 15.0. The van der Waals surface area contributed by atoms with Gasteiger partial charge < -0.3 is 15.0 Å². The first kappa shape index (κ1) is 16.8. The lowest BCUT2D eigenvalue weighted by atomic mass is 9.96. The Balaban J connectivity index is 1.69. The summed E-state index contributed by atoms with van der Waals surface area (Å²) < 4.78 is 5.42. The smallest absolute Gasteiger partial charge is 0.228 e. The second kappa shape index (κ2) is 7.26. The molecule has 0 saturated carbocycles. The number of hydrogen-bond acceptors (Lipinski definition) is 4. The number of aromatic nitrogens is 2. The zero-order valence-corrected chi connectivity index (χ0v) is 14.0. The van der Waals surface area contributed by atoms with Crippen molar-refractivity contribution in [2.45, 2.75) is 19.8 Å². The fourth-order valence-electron chi connectivity index (χ4n) is 2.98. The Labute approximate surface area is 145 Å². The van der Waals surface area contributed by atoms with Crippen LogP contribution in [-0.2, 0) is 9.59 Å². The Hall–Kier alpha value is -3.01. The second-order valence-electron chi connectivity index (χ2n) is 6.04. The maximum atomic E-state index is 12.5. The molecule has 1 aromatic heterocycles. The number of ether oxygens (including phenoxy) is 1. The van der Waals surface area contributed by atoms with Gasteiger partial charge in [-0.2, -0.15) is 5.10 Å². The van der Waals surface area contributed by atoms with Gasteiger partial charge in [-0.1, -0.05) is 5.92 Å². The van der Waals surface area contributed by atoms with Gasteiger partial charge in [0, 0.05) is 31.3 Å². The van der Waals surface area contributed by atoms with Crippen molar-refractivity contribution < 1.29 is 14.3 Å². The molecule has 2 amide bonds. The van der Waals surface area contributed by atoms with Crippen molar-refractivity contribution in [3.63, 3.8) is 0 Å². The van der Waals surface area contributed by atoms with E-state index in [0.29, 0.717) is 37.5 Å². The summed E-state index contributed by atoms with van der Waals surface area (Å²) in [6.45, 7) is 2.95. The van der Waals surface area contributed by atoms with Crippen LogP contribution in [0.2, 0.25) is 0 Å². The summed E-state index contributed by atoms with van der Waals surface area (Å²) in [5.74, 6) is 3.36. The van der Waals surface area contributed by atoms with Gasteiger partial charge in [-0.3, -0.25) is 14.7 Å². The van der Waals surface area contributed by atoms with Crippen molar-refractivity contribution in [1.29, 1.82) is 0 Å². The fraction of sp³-hybridized carbons (Fsp3) is 0.389. The van der Waals surface area contributed by atoms with Crippen molar-refractivity contribution in [3.8, 4) is 18.1 Å². The van der Waals surface area contributed by atoms with Gasteiger partial charge in [-0.15, -0.1) is 6.42 Å². The number of carbonyl (C=O) groups excluding carboxylic acids is 2. The summed E-state index contributed by atoms with van der Waals surface area (Å²) in [5.41, 5.74) is 0.801. The number of rotatable bonds is 4. The number of fused-ring (bicyclic) bond motifs is 1. The molecule has 130 valence electrons. The lowest BCUT2D eigenvalue weighted by molar-refractivity contribution is -0.132. The summed E-state index contributed by atoms with van der Waals surface area (Å²) in [4.78, 5) is 25.7. The minimum atomic E-state index is -0.122. The molecule has 0 aliphatic carbocycles. The lowest BCUT2D eigenvalue weighted by Gasteiger charge is -2.30. The largest absolute Gasteiger partial charge is 0.481 e. The number of piperidine rings is 1. The lowest BCUT2D eigenvalue weighted by Crippen LogP contribution is -2.40. The molecule has 0 unspecified atom stereocenters. The maximum Gasteiger partial charge on any atom is 0.228 e. The highest BCUT2D eigenvalue weighted by atomic mass is 16.5. The van der Waals surface area contributed by atoms with Gasteiger partial charge in [-0.25, -0.2) is 0 Å². The molecule has 2 aromatic rings. The molecule has 0 atom stereocenters. The van der Waals surface area contributed by atoms with Crippen LogP contribution in [0, 0.1) is 18.3 Å². The number of carbonyl (C=O) groups is 2. The van der Waals surface area contributed by atoms with E-state index in [9.17, 15) is 9.59 Å². The second-order valence-corrected chi connectivity index (χ2v) is 6.04. The average Bonchev–Trinajstić information content (AvgIpc) is 3.02. The minimum absolute atomic E-state index is 0.0525. The van der Waals surface area contributed by atoms with Crippen LogP contribution in [0.4, 0.5) is 5.82 Å². The first-order valence-electron chi connectivity index (χ1n) is 8.19. The summed E-state index contributed by atoms with van der Waals surface area (Å²) in [6, 6.07) is 5.42. The maximum absolute atomic E-state index is 12.5. The molecule has 2 heterocycles. The van der Waals surface area contributed by atoms with Crippen LogP contribution in [0.1, 0.15) is 19.8 Å². The molecule has 0 spiro atoms. The van der Waals surface area contributed by atoms with Crippen LogP contribution in [0.25, 0.3) is 10.9 Å². The third kappa shape index (κ3) is 3.74. The van der Waals surface area contributed by atoms with Crippen LogP contribution < -0.4 is 10.1 Å². The van der Waals surface area contributed by atoms with E-state index in [2.05, 4.69) is 21.4 Å². The van der Waals surface area contributed by atoms with Crippen LogP contribution in [0.15, 0.2) is 18.2 Å². The van der Waals surface area contributed by atoms with E-state index in [1.54, 1.807) is 24.0 Å². The van der Waals surface area contributed by atoms with Crippen molar-refractivity contribution in [1.82, 2.24) is 15.1 Å². The average molecular weight is 340 g/mol. The summed E-state index contributed by atoms with van der Waals surface area (Å²) >= 11 is 0. The summed E-state index contributed by atoms with van der Waals surface area (Å²) in [6.07, 6.45) is 6.51. The number of nitrogens with zero attached hydrogens (tertiary/aromatic N) is 2. The molecule has 0 radical (unpaired) electrons. The third-order valence-corrected chi connectivity index (χ3v) is 4.41. The molecule has 1 aromatic carbocycles. The van der Waals surface area contributed by atoms with Crippen LogP contribution >= 0.6 is 0 Å². The Morgan fingerprint density at radius 2 is 2.20 bits per heavy atom. The third-order valence-electron chi connectivity index (χ3n) is 4.41. The number of anilines is 1. The molecule has 3 rings (SSSR count). The van der Waals surface area contributed by atoms with Gasteiger partial charge in [0.05, 0.1) is 5.52 Å². The van der Waals surface area contributed by atoms with Crippen molar-refractivity contribution >= 4 is 28.5 Å². The monoisotopic (exact) mass is 340 g/mol. The molecule has 1 aliphatic rings. The van der Waals surface area contributed by atoms with Crippen molar-refractivity contribution in [2.24, 2.45) is 5.92 Å². The standard InChI is InChI=1S/C18H20N4O3/c1-3-10-25-14-4-5-16-15(11-14)17(21-20-16)19-18(24)13-6-8-22(9-7-13)12(2)23/h1,4-5,11,13H,6-10H2,2H3,(H2,19,20,21,24). The first-order valence-corrected chi connectivity index (χ1v) is 8.19. The van der Waals surface area contributed by atoms with Crippen LogP contribution in [0.5, 0.6) is 5.75 Å². The predicted octanol–water partition coefficient (Wildman–Crippen LogP) is 1.77. The van der Waals surface area contributed by atoms with Crippen molar-refractivity contribution in [3.05, 3.63) is 18.2 Å². The highest BCUT2D eigenvalue weighted by molar-refractivity contribution is 6.00. The number of amides is 2. The van der Waals surface area contributed by atoms with Gasteiger partial charge in [0.1, 0.15) is 12.4 Å². The van der Waals surface area contributed by atoms with Crippen molar-refractivity contribution in [2.75, 3.05) is 25.0 Å². The topological polar surface area (TPSA) is 87.3 Å². The van der Waals surface area contributed by atoms with Crippen LogP contribution in [-0.4, -0.2) is 46.6 Å². The first-order chi connectivity index (χ1) is 12.1. The Morgan fingerprint density at radius 3 is 2.88 bits per heavy atom. The van der Waals surface area contributed by atoms with Gasteiger partial charge in [-0.05, 0) is 31.0 Å². The van der Waals surface area contributed by atoms with Gasteiger partial charge in [0.25, 0.3) is 0 Å². The minimum Gasteiger partial charge on any atom is -0.481 e. The highest BCUT2D eigenvalue weighted by Crippen LogP contribution is 2.27. The fourth-order valence-corrected chi connectivity index (χ4v) is 2.98. The molecule has 1 saturated heterocycles. The number of terminal acetylenes is 1. The number of hydrogen-bond donors (Lipinski definition) is 2. The van der Waals surface area contributed by atoms with E-state index in [-0.39, 0.29) is 24.3 Å². The number of likely N-dealkylation sites (tertiary alicyclic amines) is 1. The molecule has 7 nitrogen and oxygen atoms in total. The van der Waals surface area contributed by atoms with E-state index in [4.69, 9.17) is 11.2 Å². The molecule has 0 bridgehead atoms. The number of aromatic amines is 1. The molecular formula is C18H20N4O3. The SMILES string of the molecule is C#CCOc1ccc2[nH]nc(NC(=O)C3CCN(C(C)=O)CC3)c2c1. The van der Waals surface area contributed by atoms with E-state index in [0.717, 1.165) is 10.9 Å². The van der Waals surface area contributed by atoms with E-state index in [1.807, 2.05) is 6.07 Å². The zero-order valence-electron chi connectivity index (χ0n) is 14.0. The van der Waals surface area contributed by atoms with Crippen LogP contribution in [0.3, 0.4) is 0 Å². The van der Waals surface area contributed by atoms with E-state index >= 15 is 0 Å². The number of nitrogens with one attached hydrogen (secondary N) is 2. The highest BCUT2D eigenvalue weighted by Gasteiger charge is 2.26. The van der Waals surface area contributed by atoms with E-state index < -0.39 is 0 Å². The quantitative estimate of drug-likeness (QED) is 0.831. The van der Waals surface area contributed by atoms with Gasteiger partial charge in [0.15, 0.2) is 5.82 Å².